The third-order valence-corrected chi connectivity index (χ3v) is 4.91. The van der Waals surface area contributed by atoms with Crippen molar-refractivity contribution in [3.05, 3.63) is 53.9 Å². The van der Waals surface area contributed by atoms with Gasteiger partial charge in [-0.25, -0.2) is 4.98 Å². The predicted molar refractivity (Wildman–Crippen MR) is 118 cm³/mol. The van der Waals surface area contributed by atoms with Crippen LogP contribution in [-0.2, 0) is 14.3 Å². The fraction of sp³-hybridized carbons (Fsp3) is 0.227. The molecule has 0 aliphatic rings. The van der Waals surface area contributed by atoms with Gasteiger partial charge in [-0.2, -0.15) is 0 Å². The van der Waals surface area contributed by atoms with E-state index >= 15 is 0 Å². The van der Waals surface area contributed by atoms with Crippen molar-refractivity contribution >= 4 is 39.7 Å². The second-order valence-electron chi connectivity index (χ2n) is 6.30. The number of rotatable bonds is 9. The van der Waals surface area contributed by atoms with Gasteiger partial charge in [0.25, 0.3) is 0 Å². The lowest BCUT2D eigenvalue weighted by molar-refractivity contribution is -0.144. The maximum atomic E-state index is 12.1. The summed E-state index contributed by atoms with van der Waals surface area (Å²) in [6, 6.07) is 15.1. The summed E-state index contributed by atoms with van der Waals surface area (Å²) in [5.74, 6) is 0.123. The molecule has 2 N–H and O–H groups in total. The summed E-state index contributed by atoms with van der Waals surface area (Å²) in [5.41, 5.74) is 3.15. The number of methoxy groups -OCH3 is 1. The van der Waals surface area contributed by atoms with Crippen LogP contribution in [0, 0.1) is 0 Å². The van der Waals surface area contributed by atoms with Crippen molar-refractivity contribution < 1.29 is 19.1 Å². The Hall–Kier alpha value is -3.39. The van der Waals surface area contributed by atoms with E-state index in [0.717, 1.165) is 27.8 Å². The van der Waals surface area contributed by atoms with Gasteiger partial charge in [0.15, 0.2) is 5.13 Å². The third-order valence-electron chi connectivity index (χ3n) is 4.16. The van der Waals surface area contributed by atoms with Crippen LogP contribution in [0.4, 0.5) is 16.5 Å². The maximum Gasteiger partial charge on any atom is 0.306 e. The number of carbonyl (C=O) groups is 2. The molecule has 0 bridgehead atoms. The van der Waals surface area contributed by atoms with E-state index in [1.165, 1.54) is 11.3 Å². The Morgan fingerprint density at radius 2 is 1.93 bits per heavy atom. The van der Waals surface area contributed by atoms with Gasteiger partial charge in [-0.05, 0) is 31.2 Å². The summed E-state index contributed by atoms with van der Waals surface area (Å²) >= 11 is 1.48. The summed E-state index contributed by atoms with van der Waals surface area (Å²) < 4.78 is 10.2. The van der Waals surface area contributed by atoms with E-state index in [0.29, 0.717) is 12.3 Å². The zero-order valence-electron chi connectivity index (χ0n) is 16.8. The van der Waals surface area contributed by atoms with Gasteiger partial charge in [0, 0.05) is 23.1 Å². The Bertz CT molecular complexity index is 1020. The van der Waals surface area contributed by atoms with E-state index in [1.807, 2.05) is 47.8 Å². The quantitative estimate of drug-likeness (QED) is 0.477. The Kier molecular flexibility index (Phi) is 7.40. The predicted octanol–water partition coefficient (Wildman–Crippen LogP) is 4.84. The summed E-state index contributed by atoms with van der Waals surface area (Å²) in [6.45, 7) is 2.04. The Labute approximate surface area is 179 Å². The summed E-state index contributed by atoms with van der Waals surface area (Å²) in [6.07, 6.45) is 0.135. The topological polar surface area (TPSA) is 89.6 Å². The van der Waals surface area contributed by atoms with Gasteiger partial charge in [0.1, 0.15) is 5.75 Å². The SMILES string of the molecule is CCOC(=O)CCC(=O)Nc1cccc(-c2csc(Nc3ccccc3OC)n2)c1. The van der Waals surface area contributed by atoms with E-state index in [9.17, 15) is 9.59 Å². The van der Waals surface area contributed by atoms with Crippen LogP contribution < -0.4 is 15.4 Å². The van der Waals surface area contributed by atoms with Crippen LogP contribution in [0.2, 0.25) is 0 Å². The number of para-hydroxylation sites is 2. The van der Waals surface area contributed by atoms with Gasteiger partial charge in [-0.1, -0.05) is 24.3 Å². The molecule has 0 radical (unpaired) electrons. The molecule has 3 aromatic rings. The van der Waals surface area contributed by atoms with E-state index in [1.54, 1.807) is 20.1 Å². The third kappa shape index (κ3) is 5.81. The number of hydrogen-bond acceptors (Lipinski definition) is 7. The first-order valence-corrected chi connectivity index (χ1v) is 10.4. The Balaban J connectivity index is 1.65. The maximum absolute atomic E-state index is 12.1. The highest BCUT2D eigenvalue weighted by Gasteiger charge is 2.10. The molecule has 1 amide bonds. The normalized spacial score (nSPS) is 10.3. The number of hydrogen-bond donors (Lipinski definition) is 2. The van der Waals surface area contributed by atoms with Crippen LogP contribution in [0.1, 0.15) is 19.8 Å². The van der Waals surface area contributed by atoms with Crippen molar-refractivity contribution in [3.8, 4) is 17.0 Å². The summed E-state index contributed by atoms with van der Waals surface area (Å²) in [7, 11) is 1.63. The minimum Gasteiger partial charge on any atom is -0.495 e. The number of thiazole rings is 1. The van der Waals surface area contributed by atoms with E-state index in [-0.39, 0.29) is 24.7 Å². The van der Waals surface area contributed by atoms with Gasteiger partial charge >= 0.3 is 5.97 Å². The molecule has 0 unspecified atom stereocenters. The molecule has 8 heteroatoms. The lowest BCUT2D eigenvalue weighted by atomic mass is 10.1. The molecule has 0 atom stereocenters. The fourth-order valence-corrected chi connectivity index (χ4v) is 3.49. The van der Waals surface area contributed by atoms with Crippen molar-refractivity contribution in [1.29, 1.82) is 0 Å². The van der Waals surface area contributed by atoms with E-state index in [4.69, 9.17) is 9.47 Å². The highest BCUT2D eigenvalue weighted by molar-refractivity contribution is 7.14. The van der Waals surface area contributed by atoms with Crippen molar-refractivity contribution in [2.45, 2.75) is 19.8 Å². The molecular formula is C22H23N3O4S. The molecule has 0 aliphatic carbocycles. The Morgan fingerprint density at radius 3 is 2.73 bits per heavy atom. The van der Waals surface area contributed by atoms with Crippen LogP contribution in [0.15, 0.2) is 53.9 Å². The van der Waals surface area contributed by atoms with E-state index < -0.39 is 0 Å². The molecular weight excluding hydrogens is 402 g/mol. The molecule has 1 heterocycles. The molecule has 7 nitrogen and oxygen atoms in total. The number of amides is 1. The monoisotopic (exact) mass is 425 g/mol. The molecule has 1 aromatic heterocycles. The van der Waals surface area contributed by atoms with E-state index in [2.05, 4.69) is 15.6 Å². The molecule has 0 spiro atoms. The van der Waals surface area contributed by atoms with Gasteiger partial charge < -0.3 is 20.1 Å². The fourth-order valence-electron chi connectivity index (χ4n) is 2.76. The van der Waals surface area contributed by atoms with Crippen molar-refractivity contribution in [3.63, 3.8) is 0 Å². The van der Waals surface area contributed by atoms with Crippen LogP contribution >= 0.6 is 11.3 Å². The van der Waals surface area contributed by atoms with Crippen molar-refractivity contribution in [2.24, 2.45) is 0 Å². The molecule has 0 aliphatic heterocycles. The Morgan fingerprint density at radius 1 is 1.10 bits per heavy atom. The molecule has 0 fully saturated rings. The van der Waals surface area contributed by atoms with Gasteiger partial charge in [0.05, 0.1) is 31.5 Å². The number of esters is 1. The zero-order chi connectivity index (χ0) is 21.3. The van der Waals surface area contributed by atoms with Crippen molar-refractivity contribution in [2.75, 3.05) is 24.4 Å². The number of carbonyl (C=O) groups excluding carboxylic acids is 2. The first-order chi connectivity index (χ1) is 14.6. The number of benzene rings is 2. The van der Waals surface area contributed by atoms with Crippen LogP contribution in [0.25, 0.3) is 11.3 Å². The van der Waals surface area contributed by atoms with Gasteiger partial charge in [-0.15, -0.1) is 11.3 Å². The number of anilines is 3. The number of aromatic nitrogens is 1. The number of nitrogens with one attached hydrogen (secondary N) is 2. The van der Waals surface area contributed by atoms with Gasteiger partial charge in [0.2, 0.25) is 5.91 Å². The average molecular weight is 426 g/mol. The highest BCUT2D eigenvalue weighted by atomic mass is 32.1. The average Bonchev–Trinajstić information content (AvgIpc) is 3.22. The van der Waals surface area contributed by atoms with Crippen LogP contribution in [-0.4, -0.2) is 30.6 Å². The molecule has 156 valence electrons. The first kappa shape index (κ1) is 21.3. The molecule has 3 rings (SSSR count). The summed E-state index contributed by atoms with van der Waals surface area (Å²) in [4.78, 5) is 28.1. The second-order valence-corrected chi connectivity index (χ2v) is 7.16. The largest absolute Gasteiger partial charge is 0.495 e. The smallest absolute Gasteiger partial charge is 0.306 e. The minimum atomic E-state index is -0.376. The standard InChI is InChI=1S/C22H23N3O4S/c1-3-29-21(27)12-11-20(26)23-16-8-6-7-15(13-16)18-14-30-22(25-18)24-17-9-4-5-10-19(17)28-2/h4-10,13-14H,3,11-12H2,1-2H3,(H,23,26)(H,24,25). The van der Waals surface area contributed by atoms with Crippen LogP contribution in [0.5, 0.6) is 5.75 Å². The van der Waals surface area contributed by atoms with Crippen LogP contribution in [0.3, 0.4) is 0 Å². The molecule has 0 saturated carbocycles. The second kappa shape index (κ2) is 10.4. The zero-order valence-corrected chi connectivity index (χ0v) is 17.6. The van der Waals surface area contributed by atoms with Gasteiger partial charge in [-0.3, -0.25) is 9.59 Å². The van der Waals surface area contributed by atoms with Crippen molar-refractivity contribution in [1.82, 2.24) is 4.98 Å². The lowest BCUT2D eigenvalue weighted by Gasteiger charge is -2.08. The first-order valence-electron chi connectivity index (χ1n) is 9.50. The number of nitrogens with zero attached hydrogens (tertiary/aromatic N) is 1. The lowest BCUT2D eigenvalue weighted by Crippen LogP contribution is -2.14. The highest BCUT2D eigenvalue weighted by Crippen LogP contribution is 2.31. The summed E-state index contributed by atoms with van der Waals surface area (Å²) in [5, 5.41) is 8.75. The minimum absolute atomic E-state index is 0.0590. The molecule has 2 aromatic carbocycles. The molecule has 30 heavy (non-hydrogen) atoms. The molecule has 0 saturated heterocycles. The number of ether oxygens (including phenoxy) is 2.